The minimum absolute atomic E-state index is 0.545. The van der Waals surface area contributed by atoms with Crippen molar-refractivity contribution in [3.63, 3.8) is 0 Å². The van der Waals surface area contributed by atoms with Gasteiger partial charge in [0.25, 0.3) is 0 Å². The second-order valence-electron chi connectivity index (χ2n) is 4.06. The number of rotatable bonds is 4. The van der Waals surface area contributed by atoms with E-state index in [1.54, 1.807) is 7.11 Å². The van der Waals surface area contributed by atoms with Crippen molar-refractivity contribution < 1.29 is 4.74 Å². The summed E-state index contributed by atoms with van der Waals surface area (Å²) in [6.07, 6.45) is 0. The average Bonchev–Trinajstić information content (AvgIpc) is 2.46. The molecule has 2 aromatic rings. The topological polar surface area (TPSA) is 12.5 Å². The summed E-state index contributed by atoms with van der Waals surface area (Å²) < 4.78 is 5.23. The molecule has 0 radical (unpaired) electrons. The van der Waals surface area contributed by atoms with Crippen molar-refractivity contribution in [3.05, 3.63) is 54.1 Å². The molecule has 0 amide bonds. The summed E-state index contributed by atoms with van der Waals surface area (Å²) >= 11 is 5.79. The van der Waals surface area contributed by atoms with Gasteiger partial charge in [-0.2, -0.15) is 0 Å². The predicted octanol–water partition coefficient (Wildman–Crippen LogP) is 4.20. The molecule has 18 heavy (non-hydrogen) atoms. The normalized spacial score (nSPS) is 10.2. The summed E-state index contributed by atoms with van der Waals surface area (Å²) in [5.41, 5.74) is 3.34. The number of anilines is 2. The van der Waals surface area contributed by atoms with Crippen LogP contribution in [0.1, 0.15) is 5.56 Å². The SMILES string of the molecule is COc1cccc(N(C)c2ccc(CCl)cc2)c1. The van der Waals surface area contributed by atoms with Gasteiger partial charge in [-0.25, -0.2) is 0 Å². The lowest BCUT2D eigenvalue weighted by Gasteiger charge is -2.20. The molecule has 2 nitrogen and oxygen atoms in total. The number of methoxy groups -OCH3 is 1. The fourth-order valence-corrected chi connectivity index (χ4v) is 1.96. The zero-order valence-electron chi connectivity index (χ0n) is 10.6. The van der Waals surface area contributed by atoms with Crippen LogP contribution in [0.25, 0.3) is 0 Å². The monoisotopic (exact) mass is 261 g/mol. The summed E-state index contributed by atoms with van der Waals surface area (Å²) in [4.78, 5) is 2.11. The first-order valence-corrected chi connectivity index (χ1v) is 6.30. The molecule has 0 unspecified atom stereocenters. The number of alkyl halides is 1. The van der Waals surface area contributed by atoms with Crippen molar-refractivity contribution in [1.82, 2.24) is 0 Å². The molecule has 0 aliphatic heterocycles. The van der Waals surface area contributed by atoms with Gasteiger partial charge in [0.1, 0.15) is 5.75 Å². The van der Waals surface area contributed by atoms with Crippen LogP contribution in [-0.2, 0) is 5.88 Å². The molecule has 0 N–H and O–H groups in total. The molecule has 0 atom stereocenters. The van der Waals surface area contributed by atoms with Crippen LogP contribution in [0.3, 0.4) is 0 Å². The Labute approximate surface area is 113 Å². The molecule has 0 bridgehead atoms. The highest BCUT2D eigenvalue weighted by Gasteiger charge is 2.04. The molecule has 0 spiro atoms. The molecule has 2 aromatic carbocycles. The highest BCUT2D eigenvalue weighted by atomic mass is 35.5. The number of halogens is 1. The molecule has 0 saturated carbocycles. The number of hydrogen-bond donors (Lipinski definition) is 0. The lowest BCUT2D eigenvalue weighted by molar-refractivity contribution is 0.415. The molecule has 0 fully saturated rings. The minimum atomic E-state index is 0.545. The summed E-state index contributed by atoms with van der Waals surface area (Å²) in [6, 6.07) is 16.2. The first-order chi connectivity index (χ1) is 8.74. The molecule has 0 aromatic heterocycles. The Bertz CT molecular complexity index is 510. The first-order valence-electron chi connectivity index (χ1n) is 5.77. The summed E-state index contributed by atoms with van der Waals surface area (Å²) in [7, 11) is 3.71. The van der Waals surface area contributed by atoms with E-state index in [0.29, 0.717) is 5.88 Å². The van der Waals surface area contributed by atoms with Crippen LogP contribution in [0.4, 0.5) is 11.4 Å². The van der Waals surface area contributed by atoms with Crippen LogP contribution in [0.5, 0.6) is 5.75 Å². The van der Waals surface area contributed by atoms with Gasteiger partial charge in [0, 0.05) is 30.4 Å². The lowest BCUT2D eigenvalue weighted by Crippen LogP contribution is -2.09. The van der Waals surface area contributed by atoms with Gasteiger partial charge in [0.05, 0.1) is 7.11 Å². The van der Waals surface area contributed by atoms with Crippen molar-refractivity contribution in [1.29, 1.82) is 0 Å². The third-order valence-corrected chi connectivity index (χ3v) is 3.23. The second kappa shape index (κ2) is 5.78. The third-order valence-electron chi connectivity index (χ3n) is 2.92. The maximum Gasteiger partial charge on any atom is 0.120 e. The molecule has 94 valence electrons. The molecule has 0 heterocycles. The lowest BCUT2D eigenvalue weighted by atomic mass is 10.2. The van der Waals surface area contributed by atoms with E-state index in [4.69, 9.17) is 16.3 Å². The van der Waals surface area contributed by atoms with E-state index in [1.165, 1.54) is 0 Å². The smallest absolute Gasteiger partial charge is 0.120 e. The van der Waals surface area contributed by atoms with Gasteiger partial charge in [-0.15, -0.1) is 11.6 Å². The van der Waals surface area contributed by atoms with Crippen LogP contribution in [0, 0.1) is 0 Å². The van der Waals surface area contributed by atoms with Gasteiger partial charge in [0.15, 0.2) is 0 Å². The van der Waals surface area contributed by atoms with Crippen LogP contribution >= 0.6 is 11.6 Å². The highest BCUT2D eigenvalue weighted by molar-refractivity contribution is 6.17. The van der Waals surface area contributed by atoms with Gasteiger partial charge < -0.3 is 9.64 Å². The summed E-state index contributed by atoms with van der Waals surface area (Å²) in [5, 5.41) is 0. The Morgan fingerprint density at radius 2 is 1.78 bits per heavy atom. The van der Waals surface area contributed by atoms with E-state index < -0.39 is 0 Å². The van der Waals surface area contributed by atoms with Crippen LogP contribution in [0.2, 0.25) is 0 Å². The molecule has 0 saturated heterocycles. The molecule has 2 rings (SSSR count). The average molecular weight is 262 g/mol. The Morgan fingerprint density at radius 1 is 1.06 bits per heavy atom. The number of nitrogens with zero attached hydrogens (tertiary/aromatic N) is 1. The Balaban J connectivity index is 2.25. The Kier molecular flexibility index (Phi) is 4.11. The van der Waals surface area contributed by atoms with E-state index >= 15 is 0 Å². The van der Waals surface area contributed by atoms with E-state index in [0.717, 1.165) is 22.7 Å². The number of hydrogen-bond acceptors (Lipinski definition) is 2. The predicted molar refractivity (Wildman–Crippen MR) is 77.1 cm³/mol. The van der Waals surface area contributed by atoms with Gasteiger partial charge >= 0.3 is 0 Å². The highest BCUT2D eigenvalue weighted by Crippen LogP contribution is 2.26. The van der Waals surface area contributed by atoms with Crippen molar-refractivity contribution >= 4 is 23.0 Å². The second-order valence-corrected chi connectivity index (χ2v) is 4.33. The van der Waals surface area contributed by atoms with Gasteiger partial charge in [-0.1, -0.05) is 18.2 Å². The molecule has 0 aliphatic rings. The van der Waals surface area contributed by atoms with E-state index in [1.807, 2.05) is 37.4 Å². The standard InChI is InChI=1S/C15H16ClNO/c1-17(13-8-6-12(11-16)7-9-13)14-4-3-5-15(10-14)18-2/h3-10H,11H2,1-2H3. The largest absolute Gasteiger partial charge is 0.497 e. The summed E-state index contributed by atoms with van der Waals surface area (Å²) in [5.74, 6) is 1.40. The number of benzene rings is 2. The van der Waals surface area contributed by atoms with Crippen LogP contribution < -0.4 is 9.64 Å². The fourth-order valence-electron chi connectivity index (χ4n) is 1.78. The van der Waals surface area contributed by atoms with Crippen LogP contribution in [-0.4, -0.2) is 14.2 Å². The zero-order chi connectivity index (χ0) is 13.0. The number of ether oxygens (including phenoxy) is 1. The van der Waals surface area contributed by atoms with E-state index in [2.05, 4.69) is 23.1 Å². The fraction of sp³-hybridized carbons (Fsp3) is 0.200. The van der Waals surface area contributed by atoms with E-state index in [9.17, 15) is 0 Å². The summed E-state index contributed by atoms with van der Waals surface area (Å²) in [6.45, 7) is 0. The molecular weight excluding hydrogens is 246 g/mol. The van der Waals surface area contributed by atoms with Crippen LogP contribution in [0.15, 0.2) is 48.5 Å². The van der Waals surface area contributed by atoms with Gasteiger partial charge in [0.2, 0.25) is 0 Å². The minimum Gasteiger partial charge on any atom is -0.497 e. The molecular formula is C15H16ClNO. The van der Waals surface area contributed by atoms with Crippen molar-refractivity contribution in [2.75, 3.05) is 19.1 Å². The molecule has 3 heteroatoms. The van der Waals surface area contributed by atoms with Crippen molar-refractivity contribution in [2.45, 2.75) is 5.88 Å². The maximum absolute atomic E-state index is 5.79. The third kappa shape index (κ3) is 2.77. The first kappa shape index (κ1) is 12.8. The Hall–Kier alpha value is -1.67. The van der Waals surface area contributed by atoms with E-state index in [-0.39, 0.29) is 0 Å². The van der Waals surface area contributed by atoms with Crippen molar-refractivity contribution in [2.24, 2.45) is 0 Å². The maximum atomic E-state index is 5.79. The molecule has 0 aliphatic carbocycles. The quantitative estimate of drug-likeness (QED) is 0.765. The van der Waals surface area contributed by atoms with Gasteiger partial charge in [-0.05, 0) is 29.8 Å². The van der Waals surface area contributed by atoms with Crippen molar-refractivity contribution in [3.8, 4) is 5.75 Å². The van der Waals surface area contributed by atoms with Gasteiger partial charge in [-0.3, -0.25) is 0 Å². The zero-order valence-corrected chi connectivity index (χ0v) is 11.3. The Morgan fingerprint density at radius 3 is 2.39 bits per heavy atom.